The number of amidine groups is 2. The summed E-state index contributed by atoms with van der Waals surface area (Å²) in [5.74, 6) is 0.872. The van der Waals surface area contributed by atoms with E-state index in [1.54, 1.807) is 18.2 Å². The maximum atomic E-state index is 7.44. The number of H-pyrrole nitrogens is 1. The average Bonchev–Trinajstić information content (AvgIpc) is 3.04. The summed E-state index contributed by atoms with van der Waals surface area (Å²) in [6.07, 6.45) is 0. The van der Waals surface area contributed by atoms with Crippen LogP contribution in [0.1, 0.15) is 11.3 Å². The fourth-order valence-corrected chi connectivity index (χ4v) is 2.06. The number of nitrogens with two attached hydrogens (primary N) is 2. The number of nitrogen functional groups attached to an aromatic ring is 2. The van der Waals surface area contributed by atoms with Crippen LogP contribution in [0.3, 0.4) is 0 Å². The highest BCUT2D eigenvalue weighted by Crippen LogP contribution is 2.26. The number of hydrogen-bond donors (Lipinski definition) is 5. The normalized spacial score (nSPS) is 10.8. The molecule has 0 aliphatic heterocycles. The van der Waals surface area contributed by atoms with E-state index < -0.39 is 0 Å². The molecule has 0 radical (unpaired) electrons. The molecule has 0 saturated heterocycles. The number of fused-ring (bicyclic) bond motifs is 1. The summed E-state index contributed by atoms with van der Waals surface area (Å²) in [5.41, 5.74) is 13.2. The highest BCUT2D eigenvalue weighted by Gasteiger charge is 2.10. The summed E-state index contributed by atoms with van der Waals surface area (Å²) in [6, 6.07) is 10.8. The van der Waals surface area contributed by atoms with Gasteiger partial charge in [-0.3, -0.25) is 10.8 Å². The van der Waals surface area contributed by atoms with E-state index in [0.717, 1.165) is 16.6 Å². The van der Waals surface area contributed by atoms with Crippen molar-refractivity contribution in [2.24, 2.45) is 11.5 Å². The minimum Gasteiger partial charge on any atom is -0.451 e. The summed E-state index contributed by atoms with van der Waals surface area (Å²) in [4.78, 5) is 3.21. The van der Waals surface area contributed by atoms with E-state index in [0.29, 0.717) is 17.1 Å². The molecule has 0 saturated carbocycles. The second-order valence-corrected chi connectivity index (χ2v) is 4.48. The van der Waals surface area contributed by atoms with Gasteiger partial charge < -0.3 is 20.9 Å². The maximum Gasteiger partial charge on any atom is 0.169 e. The Kier molecular flexibility index (Phi) is 2.57. The lowest BCUT2D eigenvalue weighted by Crippen LogP contribution is -2.10. The Hall–Kier alpha value is -3.02. The summed E-state index contributed by atoms with van der Waals surface area (Å²) in [6.45, 7) is 0. The third-order valence-electron chi connectivity index (χ3n) is 3.07. The van der Waals surface area contributed by atoms with Crippen molar-refractivity contribution < 1.29 is 4.42 Å². The molecule has 0 fully saturated rings. The van der Waals surface area contributed by atoms with Gasteiger partial charge in [-0.2, -0.15) is 0 Å². The lowest BCUT2D eigenvalue weighted by atomic mass is 10.1. The Labute approximate surface area is 114 Å². The minimum absolute atomic E-state index is 0.0338. The Morgan fingerprint density at radius 2 is 1.80 bits per heavy atom. The van der Waals surface area contributed by atoms with Crippen molar-refractivity contribution in [1.29, 1.82) is 10.8 Å². The number of benzene rings is 1. The molecule has 0 aliphatic rings. The molecule has 0 spiro atoms. The number of furan rings is 1. The molecule has 0 bridgehead atoms. The third-order valence-corrected chi connectivity index (χ3v) is 3.07. The Balaban J connectivity index is 2.07. The molecule has 2 heterocycles. The van der Waals surface area contributed by atoms with E-state index >= 15 is 0 Å². The van der Waals surface area contributed by atoms with Gasteiger partial charge in [0.05, 0.1) is 5.69 Å². The molecule has 3 aromatic rings. The van der Waals surface area contributed by atoms with Crippen molar-refractivity contribution in [3.05, 3.63) is 47.7 Å². The van der Waals surface area contributed by atoms with E-state index in [2.05, 4.69) is 4.98 Å². The lowest BCUT2D eigenvalue weighted by Gasteiger charge is -1.96. The van der Waals surface area contributed by atoms with Crippen LogP contribution < -0.4 is 11.5 Å². The molecule has 0 amide bonds. The molecule has 0 aliphatic carbocycles. The number of aromatic nitrogens is 1. The number of nitrogens with one attached hydrogen (secondary N) is 3. The summed E-state index contributed by atoms with van der Waals surface area (Å²) < 4.78 is 5.49. The van der Waals surface area contributed by atoms with Crippen molar-refractivity contribution in [3.63, 3.8) is 0 Å². The number of aromatic amines is 1. The fraction of sp³-hybridized carbons (Fsp3) is 0. The fourth-order valence-electron chi connectivity index (χ4n) is 2.06. The van der Waals surface area contributed by atoms with E-state index in [1.165, 1.54) is 0 Å². The Morgan fingerprint density at radius 1 is 1.00 bits per heavy atom. The molecule has 2 aromatic heterocycles. The summed E-state index contributed by atoms with van der Waals surface area (Å²) >= 11 is 0. The SMILES string of the molecule is N=C(N)c1ccc2[nH]c(-c3ccc(C(=N)N)o3)cc2c1. The number of hydrogen-bond acceptors (Lipinski definition) is 3. The standard InChI is InChI=1S/C14H13N5O/c15-13(16)7-1-2-9-8(5-7)6-10(19-9)11-3-4-12(20-11)14(17)18/h1-6,19H,(H3,15,16)(H3,17,18). The van der Waals surface area contributed by atoms with Gasteiger partial charge in [0.15, 0.2) is 17.4 Å². The first-order valence-corrected chi connectivity index (χ1v) is 5.96. The van der Waals surface area contributed by atoms with Crippen molar-refractivity contribution in [2.45, 2.75) is 0 Å². The Bertz CT molecular complexity index is 827. The molecule has 0 unspecified atom stereocenters. The molecule has 6 nitrogen and oxygen atoms in total. The zero-order valence-corrected chi connectivity index (χ0v) is 10.5. The summed E-state index contributed by atoms with van der Waals surface area (Å²) in [5, 5.41) is 15.7. The largest absolute Gasteiger partial charge is 0.451 e. The van der Waals surface area contributed by atoms with Crippen LogP contribution in [0.15, 0.2) is 40.8 Å². The zero-order valence-electron chi connectivity index (χ0n) is 10.5. The second kappa shape index (κ2) is 4.27. The van der Waals surface area contributed by atoms with Crippen molar-refractivity contribution in [2.75, 3.05) is 0 Å². The van der Waals surface area contributed by atoms with Crippen LogP contribution >= 0.6 is 0 Å². The topological polar surface area (TPSA) is 129 Å². The smallest absolute Gasteiger partial charge is 0.169 e. The lowest BCUT2D eigenvalue weighted by molar-refractivity contribution is 0.569. The molecule has 0 atom stereocenters. The molecular formula is C14H13N5O. The predicted octanol–water partition coefficient (Wildman–Crippen LogP) is 2.00. The molecule has 6 heteroatoms. The van der Waals surface area contributed by atoms with Gasteiger partial charge in [-0.25, -0.2) is 0 Å². The maximum absolute atomic E-state index is 7.44. The van der Waals surface area contributed by atoms with Crippen LogP contribution in [0.4, 0.5) is 0 Å². The first-order valence-electron chi connectivity index (χ1n) is 5.96. The first kappa shape index (κ1) is 12.0. The third kappa shape index (κ3) is 1.93. The monoisotopic (exact) mass is 267 g/mol. The highest BCUT2D eigenvalue weighted by atomic mass is 16.3. The molecule has 7 N–H and O–H groups in total. The van der Waals surface area contributed by atoms with Crippen LogP contribution in [0.2, 0.25) is 0 Å². The van der Waals surface area contributed by atoms with Gasteiger partial charge >= 0.3 is 0 Å². The van der Waals surface area contributed by atoms with E-state index in [-0.39, 0.29) is 11.7 Å². The average molecular weight is 267 g/mol. The van der Waals surface area contributed by atoms with Crippen LogP contribution in [0.25, 0.3) is 22.4 Å². The Morgan fingerprint density at radius 3 is 2.45 bits per heavy atom. The van der Waals surface area contributed by atoms with Crippen LogP contribution in [-0.4, -0.2) is 16.7 Å². The van der Waals surface area contributed by atoms with E-state index in [1.807, 2.05) is 18.2 Å². The number of rotatable bonds is 3. The van der Waals surface area contributed by atoms with E-state index in [4.69, 9.17) is 26.7 Å². The van der Waals surface area contributed by atoms with Crippen molar-refractivity contribution >= 4 is 22.6 Å². The quantitative estimate of drug-likeness (QED) is 0.367. The second-order valence-electron chi connectivity index (χ2n) is 4.48. The first-order chi connectivity index (χ1) is 9.54. The van der Waals surface area contributed by atoms with Crippen molar-refractivity contribution in [1.82, 2.24) is 4.98 Å². The molecule has 20 heavy (non-hydrogen) atoms. The zero-order chi connectivity index (χ0) is 14.3. The van der Waals surface area contributed by atoms with Gasteiger partial charge in [-0.05, 0) is 36.4 Å². The van der Waals surface area contributed by atoms with E-state index in [9.17, 15) is 0 Å². The molecular weight excluding hydrogens is 254 g/mol. The van der Waals surface area contributed by atoms with Gasteiger partial charge in [0, 0.05) is 16.5 Å². The highest BCUT2D eigenvalue weighted by molar-refractivity contribution is 5.99. The minimum atomic E-state index is -0.105. The summed E-state index contributed by atoms with van der Waals surface area (Å²) in [7, 11) is 0. The van der Waals surface area contributed by atoms with Gasteiger partial charge in [0.2, 0.25) is 0 Å². The van der Waals surface area contributed by atoms with Crippen LogP contribution in [0.5, 0.6) is 0 Å². The van der Waals surface area contributed by atoms with Gasteiger partial charge in [0.1, 0.15) is 5.84 Å². The molecule has 3 rings (SSSR count). The predicted molar refractivity (Wildman–Crippen MR) is 78.0 cm³/mol. The van der Waals surface area contributed by atoms with Crippen molar-refractivity contribution in [3.8, 4) is 11.5 Å². The van der Waals surface area contributed by atoms with Gasteiger partial charge in [-0.1, -0.05) is 0 Å². The van der Waals surface area contributed by atoms with Crippen LogP contribution in [0, 0.1) is 10.8 Å². The molecule has 1 aromatic carbocycles. The molecule has 100 valence electrons. The van der Waals surface area contributed by atoms with Crippen LogP contribution in [-0.2, 0) is 0 Å². The van der Waals surface area contributed by atoms with Gasteiger partial charge in [-0.15, -0.1) is 0 Å². The van der Waals surface area contributed by atoms with Gasteiger partial charge in [0.25, 0.3) is 0 Å².